The molecule has 1 aromatic rings. The lowest BCUT2D eigenvalue weighted by atomic mass is 9.98. The van der Waals surface area contributed by atoms with Crippen LogP contribution in [0.15, 0.2) is 18.2 Å². The standard InChI is InChI=1S/C22H34N2O4/c1-15(2)19-8-7-18(13-16(19)3)27-14-20(25)23-17-9-11-24(12-10-17)21(26)28-22(4,5)6/h7-8,13,15,17H,9-12,14H2,1-6H3,(H,23,25). The van der Waals surface area contributed by atoms with Crippen LogP contribution in [0.2, 0.25) is 0 Å². The van der Waals surface area contributed by atoms with E-state index in [4.69, 9.17) is 9.47 Å². The minimum absolute atomic E-state index is 0.00720. The molecule has 2 rings (SSSR count). The first kappa shape index (κ1) is 22.1. The highest BCUT2D eigenvalue weighted by atomic mass is 16.6. The molecule has 0 atom stereocenters. The molecule has 2 amide bonds. The van der Waals surface area contributed by atoms with Crippen LogP contribution in [0.1, 0.15) is 64.5 Å². The van der Waals surface area contributed by atoms with Crippen molar-refractivity contribution < 1.29 is 19.1 Å². The van der Waals surface area contributed by atoms with Crippen LogP contribution in [-0.2, 0) is 9.53 Å². The molecule has 0 unspecified atom stereocenters. The first-order valence-corrected chi connectivity index (χ1v) is 10.1. The van der Waals surface area contributed by atoms with Crippen LogP contribution < -0.4 is 10.1 Å². The Labute approximate surface area is 168 Å². The first-order valence-electron chi connectivity index (χ1n) is 10.1. The first-order chi connectivity index (χ1) is 13.0. The van der Waals surface area contributed by atoms with Crippen LogP contribution in [0.3, 0.4) is 0 Å². The fourth-order valence-corrected chi connectivity index (χ4v) is 3.34. The number of nitrogens with zero attached hydrogens (tertiary/aromatic N) is 1. The van der Waals surface area contributed by atoms with Crippen LogP contribution in [0, 0.1) is 6.92 Å². The van der Waals surface area contributed by atoms with Gasteiger partial charge in [-0.05, 0) is 69.7 Å². The molecule has 1 heterocycles. The second kappa shape index (κ2) is 9.30. The van der Waals surface area contributed by atoms with Gasteiger partial charge in [0.25, 0.3) is 5.91 Å². The molecule has 6 nitrogen and oxygen atoms in total. The van der Waals surface area contributed by atoms with Crippen LogP contribution in [0.25, 0.3) is 0 Å². The predicted octanol–water partition coefficient (Wildman–Crippen LogP) is 4.01. The second-order valence-electron chi connectivity index (χ2n) is 8.77. The number of ether oxygens (including phenoxy) is 2. The maximum atomic E-state index is 12.2. The van der Waals surface area contributed by atoms with Gasteiger partial charge in [0.05, 0.1) is 0 Å². The fourth-order valence-electron chi connectivity index (χ4n) is 3.34. The van der Waals surface area contributed by atoms with Crippen molar-refractivity contribution in [1.82, 2.24) is 10.2 Å². The molecule has 28 heavy (non-hydrogen) atoms. The molecule has 6 heteroatoms. The zero-order valence-electron chi connectivity index (χ0n) is 18.0. The van der Waals surface area contributed by atoms with Crippen LogP contribution >= 0.6 is 0 Å². The zero-order valence-corrected chi connectivity index (χ0v) is 18.0. The summed E-state index contributed by atoms with van der Waals surface area (Å²) in [6.07, 6.45) is 1.14. The number of carbonyl (C=O) groups is 2. The van der Waals surface area contributed by atoms with E-state index in [1.807, 2.05) is 32.9 Å². The molecule has 0 aromatic heterocycles. The number of hydrogen-bond acceptors (Lipinski definition) is 4. The Hall–Kier alpha value is -2.24. The summed E-state index contributed by atoms with van der Waals surface area (Å²) in [6, 6.07) is 6.00. The Morgan fingerprint density at radius 3 is 2.39 bits per heavy atom. The highest BCUT2D eigenvalue weighted by Gasteiger charge is 2.27. The summed E-state index contributed by atoms with van der Waals surface area (Å²) in [4.78, 5) is 26.0. The van der Waals surface area contributed by atoms with E-state index in [-0.39, 0.29) is 24.6 Å². The lowest BCUT2D eigenvalue weighted by molar-refractivity contribution is -0.124. The quantitative estimate of drug-likeness (QED) is 0.825. The molecular formula is C22H34N2O4. The number of benzene rings is 1. The Kier molecular flexibility index (Phi) is 7.33. The number of piperidine rings is 1. The van der Waals surface area contributed by atoms with Crippen molar-refractivity contribution >= 4 is 12.0 Å². The lowest BCUT2D eigenvalue weighted by Gasteiger charge is -2.33. The Morgan fingerprint density at radius 1 is 1.21 bits per heavy atom. The van der Waals surface area contributed by atoms with E-state index in [9.17, 15) is 9.59 Å². The van der Waals surface area contributed by atoms with Crippen molar-refractivity contribution in [2.24, 2.45) is 0 Å². The summed E-state index contributed by atoms with van der Waals surface area (Å²) in [6.45, 7) is 13.1. The van der Waals surface area contributed by atoms with Crippen molar-refractivity contribution in [3.63, 3.8) is 0 Å². The minimum atomic E-state index is -0.495. The number of hydrogen-bond donors (Lipinski definition) is 1. The van der Waals surface area contributed by atoms with Crippen LogP contribution in [-0.4, -0.2) is 48.2 Å². The normalized spacial score (nSPS) is 15.5. The molecule has 0 radical (unpaired) electrons. The van der Waals surface area contributed by atoms with E-state index in [2.05, 4.69) is 32.2 Å². The molecule has 1 fully saturated rings. The fraction of sp³-hybridized carbons (Fsp3) is 0.636. The Morgan fingerprint density at radius 2 is 1.86 bits per heavy atom. The molecule has 1 aromatic carbocycles. The Bertz CT molecular complexity index is 686. The van der Waals surface area contributed by atoms with Gasteiger partial charge >= 0.3 is 6.09 Å². The minimum Gasteiger partial charge on any atom is -0.484 e. The predicted molar refractivity (Wildman–Crippen MR) is 110 cm³/mol. The largest absolute Gasteiger partial charge is 0.484 e. The third-order valence-corrected chi connectivity index (χ3v) is 4.74. The van der Waals surface area contributed by atoms with Gasteiger partial charge in [-0.3, -0.25) is 4.79 Å². The van der Waals surface area contributed by atoms with Gasteiger partial charge < -0.3 is 19.7 Å². The van der Waals surface area contributed by atoms with Crippen molar-refractivity contribution in [1.29, 1.82) is 0 Å². The summed E-state index contributed by atoms with van der Waals surface area (Å²) in [5.74, 6) is 1.03. The maximum Gasteiger partial charge on any atom is 0.410 e. The number of carbonyl (C=O) groups excluding carboxylic acids is 2. The van der Waals surface area contributed by atoms with Gasteiger partial charge in [0.2, 0.25) is 0 Å². The molecule has 1 aliphatic heterocycles. The number of aryl methyl sites for hydroxylation is 1. The topological polar surface area (TPSA) is 67.9 Å². The summed E-state index contributed by atoms with van der Waals surface area (Å²) in [5, 5.41) is 3.00. The Balaban J connectivity index is 1.74. The number of likely N-dealkylation sites (tertiary alicyclic amines) is 1. The highest BCUT2D eigenvalue weighted by Crippen LogP contribution is 2.23. The van der Waals surface area contributed by atoms with Gasteiger partial charge in [-0.15, -0.1) is 0 Å². The van der Waals surface area contributed by atoms with Gasteiger partial charge in [-0.25, -0.2) is 4.79 Å². The van der Waals surface area contributed by atoms with E-state index in [1.165, 1.54) is 11.1 Å². The van der Waals surface area contributed by atoms with E-state index >= 15 is 0 Å². The molecule has 1 aliphatic rings. The molecular weight excluding hydrogens is 356 g/mol. The SMILES string of the molecule is Cc1cc(OCC(=O)NC2CCN(C(=O)OC(C)(C)C)CC2)ccc1C(C)C. The smallest absolute Gasteiger partial charge is 0.410 e. The van der Waals surface area contributed by atoms with Crippen LogP contribution in [0.5, 0.6) is 5.75 Å². The van der Waals surface area contributed by atoms with Gasteiger partial charge in [0.15, 0.2) is 6.61 Å². The highest BCUT2D eigenvalue weighted by molar-refractivity contribution is 5.78. The molecule has 0 bridgehead atoms. The van der Waals surface area contributed by atoms with Gasteiger partial charge in [0, 0.05) is 19.1 Å². The summed E-state index contributed by atoms with van der Waals surface area (Å²) in [5.41, 5.74) is 1.96. The van der Waals surface area contributed by atoms with E-state index < -0.39 is 5.60 Å². The maximum absolute atomic E-state index is 12.2. The van der Waals surface area contributed by atoms with Crippen LogP contribution in [0.4, 0.5) is 4.79 Å². The average Bonchev–Trinajstić information content (AvgIpc) is 2.59. The molecule has 0 spiro atoms. The molecule has 1 saturated heterocycles. The summed E-state index contributed by atoms with van der Waals surface area (Å²) in [7, 11) is 0. The van der Waals surface area contributed by atoms with Crippen molar-refractivity contribution in [3.8, 4) is 5.75 Å². The monoisotopic (exact) mass is 390 g/mol. The van der Waals surface area contributed by atoms with Crippen molar-refractivity contribution in [3.05, 3.63) is 29.3 Å². The van der Waals surface area contributed by atoms with Gasteiger partial charge in [-0.2, -0.15) is 0 Å². The third-order valence-electron chi connectivity index (χ3n) is 4.74. The van der Waals surface area contributed by atoms with E-state index in [0.717, 1.165) is 0 Å². The number of rotatable bonds is 5. The van der Waals surface area contributed by atoms with E-state index in [1.54, 1.807) is 4.90 Å². The summed E-state index contributed by atoms with van der Waals surface area (Å²) >= 11 is 0. The molecule has 0 saturated carbocycles. The second-order valence-corrected chi connectivity index (χ2v) is 8.77. The molecule has 156 valence electrons. The lowest BCUT2D eigenvalue weighted by Crippen LogP contribution is -2.48. The number of amides is 2. The average molecular weight is 391 g/mol. The summed E-state index contributed by atoms with van der Waals surface area (Å²) < 4.78 is 11.0. The third kappa shape index (κ3) is 6.73. The van der Waals surface area contributed by atoms with E-state index in [0.29, 0.717) is 37.6 Å². The molecule has 0 aliphatic carbocycles. The van der Waals surface area contributed by atoms with Gasteiger partial charge in [0.1, 0.15) is 11.4 Å². The van der Waals surface area contributed by atoms with Crippen molar-refractivity contribution in [2.45, 2.75) is 71.9 Å². The van der Waals surface area contributed by atoms with Crippen molar-refractivity contribution in [2.75, 3.05) is 19.7 Å². The molecule has 1 N–H and O–H groups in total. The zero-order chi connectivity index (χ0) is 20.9. The number of nitrogens with one attached hydrogen (secondary N) is 1. The van der Waals surface area contributed by atoms with Gasteiger partial charge in [-0.1, -0.05) is 19.9 Å².